The van der Waals surface area contributed by atoms with Crippen molar-refractivity contribution >= 4 is 51.0 Å². The van der Waals surface area contributed by atoms with Gasteiger partial charge in [-0.1, -0.05) is 29.8 Å². The van der Waals surface area contributed by atoms with Gasteiger partial charge in [0.2, 0.25) is 5.91 Å². The molecule has 1 aromatic carbocycles. The van der Waals surface area contributed by atoms with Crippen molar-refractivity contribution in [3.8, 4) is 0 Å². The highest BCUT2D eigenvalue weighted by Gasteiger charge is 2.29. The second kappa shape index (κ2) is 6.67. The van der Waals surface area contributed by atoms with Gasteiger partial charge in [0.1, 0.15) is 11.4 Å². The highest BCUT2D eigenvalue weighted by atomic mass is 35.5. The average molecular weight is 404 g/mol. The van der Waals surface area contributed by atoms with Crippen LogP contribution in [0.2, 0.25) is 5.02 Å². The third-order valence-corrected chi connectivity index (χ3v) is 5.65. The van der Waals surface area contributed by atoms with E-state index in [9.17, 15) is 14.4 Å². The Bertz CT molecular complexity index is 1090. The third-order valence-electron chi connectivity index (χ3n) is 4.14. The van der Waals surface area contributed by atoms with Gasteiger partial charge in [-0.3, -0.25) is 25.0 Å². The molecular formula is C17H14ClN5O3S. The minimum Gasteiger partial charge on any atom is -0.275 e. The molecule has 0 aliphatic carbocycles. The first kappa shape index (κ1) is 17.5. The van der Waals surface area contributed by atoms with Crippen LogP contribution in [0.1, 0.15) is 20.9 Å². The number of rotatable bonds is 4. The fourth-order valence-electron chi connectivity index (χ4n) is 2.83. The van der Waals surface area contributed by atoms with Crippen LogP contribution in [0, 0.1) is 6.92 Å². The zero-order valence-electron chi connectivity index (χ0n) is 14.2. The first-order chi connectivity index (χ1) is 12.9. The van der Waals surface area contributed by atoms with Crippen LogP contribution in [0.4, 0.5) is 4.79 Å². The number of benzene rings is 1. The Balaban J connectivity index is 1.61. The van der Waals surface area contributed by atoms with E-state index in [1.807, 2.05) is 31.2 Å². The van der Waals surface area contributed by atoms with Gasteiger partial charge in [0.25, 0.3) is 5.91 Å². The fourth-order valence-corrected chi connectivity index (χ4v) is 4.08. The topological polar surface area (TPSA) is 96.3 Å². The number of aromatic nitrogens is 2. The molecule has 1 aliphatic rings. The largest absolute Gasteiger partial charge is 0.343 e. The number of nitrogens with zero attached hydrogens (tertiary/aromatic N) is 3. The van der Waals surface area contributed by atoms with Crippen molar-refractivity contribution in [2.24, 2.45) is 0 Å². The predicted octanol–water partition coefficient (Wildman–Crippen LogP) is 2.30. The molecule has 3 aromatic rings. The summed E-state index contributed by atoms with van der Waals surface area (Å²) in [7, 11) is 0. The summed E-state index contributed by atoms with van der Waals surface area (Å²) >= 11 is 7.50. The highest BCUT2D eigenvalue weighted by molar-refractivity contribution is 7.20. The van der Waals surface area contributed by atoms with Gasteiger partial charge in [0, 0.05) is 10.4 Å². The van der Waals surface area contributed by atoms with Crippen molar-refractivity contribution in [3.05, 3.63) is 51.5 Å². The quantitative estimate of drug-likeness (QED) is 0.653. The summed E-state index contributed by atoms with van der Waals surface area (Å²) in [5.41, 5.74) is 4.16. The molecule has 0 unspecified atom stereocenters. The van der Waals surface area contributed by atoms with Crippen molar-refractivity contribution in [2.75, 3.05) is 6.54 Å². The van der Waals surface area contributed by atoms with Gasteiger partial charge in [-0.2, -0.15) is 5.10 Å². The number of halogens is 1. The summed E-state index contributed by atoms with van der Waals surface area (Å²) in [6, 6.07) is 8.61. The van der Waals surface area contributed by atoms with E-state index >= 15 is 0 Å². The lowest BCUT2D eigenvalue weighted by Crippen LogP contribution is -2.43. The van der Waals surface area contributed by atoms with Crippen LogP contribution in [0.3, 0.4) is 0 Å². The number of hydrazine groups is 1. The first-order valence-corrected chi connectivity index (χ1v) is 9.24. The summed E-state index contributed by atoms with van der Waals surface area (Å²) in [6.45, 7) is 2.15. The van der Waals surface area contributed by atoms with Gasteiger partial charge in [0.05, 0.1) is 17.1 Å². The molecule has 4 rings (SSSR count). The molecule has 2 aromatic heterocycles. The maximum absolute atomic E-state index is 12.5. The van der Waals surface area contributed by atoms with Gasteiger partial charge in [-0.25, -0.2) is 9.80 Å². The number of carbonyl (C=O) groups is 3. The van der Waals surface area contributed by atoms with Crippen LogP contribution >= 0.6 is 22.9 Å². The molecule has 10 heteroatoms. The minimum absolute atomic E-state index is 0.200. The molecule has 27 heavy (non-hydrogen) atoms. The Labute approximate surface area is 162 Å². The third kappa shape index (κ3) is 3.26. The number of hydrogen-bond acceptors (Lipinski definition) is 5. The Morgan fingerprint density at radius 3 is 2.85 bits per heavy atom. The maximum atomic E-state index is 12.5. The van der Waals surface area contributed by atoms with Gasteiger partial charge in [-0.05, 0) is 24.6 Å². The Morgan fingerprint density at radius 1 is 1.37 bits per heavy atom. The average Bonchev–Trinajstić information content (AvgIpc) is 3.27. The lowest BCUT2D eigenvalue weighted by Gasteiger charge is -2.13. The normalized spacial score (nSPS) is 14.1. The number of thiophene rings is 1. The number of urea groups is 1. The Kier molecular flexibility index (Phi) is 4.33. The van der Waals surface area contributed by atoms with Gasteiger partial charge < -0.3 is 0 Å². The fraction of sp³-hybridized carbons (Fsp3) is 0.176. The number of imide groups is 1. The number of amides is 4. The van der Waals surface area contributed by atoms with Crippen LogP contribution in [-0.4, -0.2) is 39.2 Å². The van der Waals surface area contributed by atoms with Crippen molar-refractivity contribution in [1.82, 2.24) is 25.5 Å². The van der Waals surface area contributed by atoms with Crippen LogP contribution in [0.25, 0.3) is 10.2 Å². The lowest BCUT2D eigenvalue weighted by atomic mass is 10.2. The van der Waals surface area contributed by atoms with E-state index in [0.29, 0.717) is 16.4 Å². The van der Waals surface area contributed by atoms with Gasteiger partial charge >= 0.3 is 6.03 Å². The Morgan fingerprint density at radius 2 is 2.15 bits per heavy atom. The van der Waals surface area contributed by atoms with Crippen molar-refractivity contribution in [1.29, 1.82) is 0 Å². The lowest BCUT2D eigenvalue weighted by molar-refractivity contribution is -0.118. The molecule has 0 spiro atoms. The number of fused-ring (bicyclic) bond motifs is 1. The van der Waals surface area contributed by atoms with Crippen molar-refractivity contribution < 1.29 is 14.4 Å². The second-order valence-electron chi connectivity index (χ2n) is 6.04. The molecule has 1 aliphatic heterocycles. The van der Waals surface area contributed by atoms with E-state index in [1.54, 1.807) is 10.7 Å². The molecule has 4 amide bonds. The molecule has 138 valence electrons. The SMILES string of the molecule is Cc1nn(Cc2ccccc2Cl)c2sc(C(=O)NN3CC(=O)NC3=O)cc12. The van der Waals surface area contributed by atoms with E-state index in [4.69, 9.17) is 11.6 Å². The molecule has 0 radical (unpaired) electrons. The molecule has 3 heterocycles. The molecule has 0 saturated carbocycles. The van der Waals surface area contributed by atoms with Crippen molar-refractivity contribution in [2.45, 2.75) is 13.5 Å². The number of carbonyl (C=O) groups excluding carboxylic acids is 3. The van der Waals surface area contributed by atoms with Crippen LogP contribution in [-0.2, 0) is 11.3 Å². The van der Waals surface area contributed by atoms with E-state index < -0.39 is 17.8 Å². The highest BCUT2D eigenvalue weighted by Crippen LogP contribution is 2.29. The van der Waals surface area contributed by atoms with E-state index in [2.05, 4.69) is 15.8 Å². The van der Waals surface area contributed by atoms with E-state index in [0.717, 1.165) is 26.5 Å². The zero-order chi connectivity index (χ0) is 19.1. The summed E-state index contributed by atoms with van der Waals surface area (Å²) in [5, 5.41) is 9.10. The Hall–Kier alpha value is -2.91. The maximum Gasteiger partial charge on any atom is 0.343 e. The summed E-state index contributed by atoms with van der Waals surface area (Å²) < 4.78 is 1.80. The number of nitrogens with one attached hydrogen (secondary N) is 2. The molecular weight excluding hydrogens is 390 g/mol. The zero-order valence-corrected chi connectivity index (χ0v) is 15.7. The van der Waals surface area contributed by atoms with Crippen LogP contribution in [0.15, 0.2) is 30.3 Å². The van der Waals surface area contributed by atoms with E-state index in [-0.39, 0.29) is 6.54 Å². The van der Waals surface area contributed by atoms with Crippen LogP contribution in [0.5, 0.6) is 0 Å². The molecule has 2 N–H and O–H groups in total. The molecule has 1 saturated heterocycles. The molecule has 1 fully saturated rings. The summed E-state index contributed by atoms with van der Waals surface area (Å²) in [6.07, 6.45) is 0. The van der Waals surface area contributed by atoms with E-state index in [1.165, 1.54) is 11.3 Å². The summed E-state index contributed by atoms with van der Waals surface area (Å²) in [4.78, 5) is 36.5. The standard InChI is InChI=1S/C17H14ClN5O3S/c1-9-11-6-13(15(25)21-23-8-14(24)19-17(23)26)27-16(11)22(20-9)7-10-4-2-3-5-12(10)18/h2-6H,7-8H2,1H3,(H,21,25)(H,19,24,26). The predicted molar refractivity (Wildman–Crippen MR) is 101 cm³/mol. The molecule has 8 nitrogen and oxygen atoms in total. The number of aryl methyl sites for hydroxylation is 1. The minimum atomic E-state index is -0.643. The van der Waals surface area contributed by atoms with Gasteiger partial charge in [0.15, 0.2) is 0 Å². The summed E-state index contributed by atoms with van der Waals surface area (Å²) in [5.74, 6) is -0.910. The smallest absolute Gasteiger partial charge is 0.275 e. The first-order valence-electron chi connectivity index (χ1n) is 8.05. The second-order valence-corrected chi connectivity index (χ2v) is 7.48. The monoisotopic (exact) mass is 403 g/mol. The van der Waals surface area contributed by atoms with Crippen molar-refractivity contribution in [3.63, 3.8) is 0 Å². The van der Waals surface area contributed by atoms with Crippen LogP contribution < -0.4 is 10.7 Å². The molecule has 0 bridgehead atoms. The number of hydrogen-bond donors (Lipinski definition) is 2. The van der Waals surface area contributed by atoms with Gasteiger partial charge in [-0.15, -0.1) is 11.3 Å². The molecule has 0 atom stereocenters.